The van der Waals surface area contributed by atoms with Crippen LogP contribution in [0.3, 0.4) is 0 Å². The van der Waals surface area contributed by atoms with E-state index in [1.165, 1.54) is 18.5 Å². The van der Waals surface area contributed by atoms with Crippen LogP contribution in [-0.4, -0.2) is 25.4 Å². The summed E-state index contributed by atoms with van der Waals surface area (Å²) in [6.45, 7) is 7.23. The van der Waals surface area contributed by atoms with Gasteiger partial charge < -0.3 is 4.81 Å². The van der Waals surface area contributed by atoms with Gasteiger partial charge in [-0.15, -0.1) is 0 Å². The maximum absolute atomic E-state index is 3.89. The Morgan fingerprint density at radius 1 is 1.88 bits per heavy atom. The smallest absolute Gasteiger partial charge is 0.186 e. The Balaban J connectivity index is 2.37. The highest BCUT2D eigenvalue weighted by Gasteiger charge is 2.23. The van der Waals surface area contributed by atoms with Crippen LogP contribution >= 0.6 is 0 Å². The third-order valence-electron chi connectivity index (χ3n) is 1.86. The van der Waals surface area contributed by atoms with Gasteiger partial charge in [0.2, 0.25) is 0 Å². The molecular formula is C6H12BN. The number of nitrogens with zero attached hydrogens (tertiary/aromatic N) is 1. The molecule has 0 aliphatic carbocycles. The predicted molar refractivity (Wildman–Crippen MR) is 38.5 cm³/mol. The molecule has 1 atom stereocenters. The second kappa shape index (κ2) is 1.94. The van der Waals surface area contributed by atoms with Crippen molar-refractivity contribution in [1.82, 2.24) is 4.81 Å². The predicted octanol–water partition coefficient (Wildman–Crippen LogP) is 0.185. The minimum absolute atomic E-state index is 0.690. The van der Waals surface area contributed by atoms with E-state index in [4.69, 9.17) is 0 Å². The van der Waals surface area contributed by atoms with Crippen LogP contribution in [0.5, 0.6) is 0 Å². The van der Waals surface area contributed by atoms with Gasteiger partial charge in [0.25, 0.3) is 0 Å². The molecule has 1 fully saturated rings. The Hall–Kier alpha value is -0.235. The first-order valence-electron chi connectivity index (χ1n) is 3.07. The van der Waals surface area contributed by atoms with Crippen molar-refractivity contribution in [2.45, 2.75) is 19.4 Å². The molecule has 0 amide bonds. The Labute approximate surface area is 51.8 Å². The van der Waals surface area contributed by atoms with Gasteiger partial charge in [-0.05, 0) is 19.9 Å². The number of rotatable bonds is 1. The standard InChI is InChI=1S/C6H12BN/c1-5(2)6-3-4-8(6)7/h6H,1,3-4,7H2,2H3. The van der Waals surface area contributed by atoms with Crippen LogP contribution in [0, 0.1) is 0 Å². The van der Waals surface area contributed by atoms with Gasteiger partial charge in [0.05, 0.1) is 0 Å². The summed E-state index contributed by atoms with van der Waals surface area (Å²) in [4.78, 5) is 2.32. The monoisotopic (exact) mass is 109 g/mol. The highest BCUT2D eigenvalue weighted by Crippen LogP contribution is 2.19. The maximum atomic E-state index is 3.89. The molecule has 1 nitrogen and oxygen atoms in total. The van der Waals surface area contributed by atoms with E-state index in [1.807, 2.05) is 0 Å². The minimum atomic E-state index is 0.690. The van der Waals surface area contributed by atoms with E-state index in [2.05, 4.69) is 26.3 Å². The van der Waals surface area contributed by atoms with E-state index in [1.54, 1.807) is 0 Å². The summed E-state index contributed by atoms with van der Waals surface area (Å²) in [5.41, 5.74) is 1.30. The Morgan fingerprint density at radius 3 is 2.50 bits per heavy atom. The first-order valence-corrected chi connectivity index (χ1v) is 3.07. The maximum Gasteiger partial charge on any atom is 0.186 e. The molecule has 1 rings (SSSR count). The zero-order valence-corrected chi connectivity index (χ0v) is 5.65. The van der Waals surface area contributed by atoms with E-state index >= 15 is 0 Å². The molecule has 1 aliphatic rings. The lowest BCUT2D eigenvalue weighted by molar-refractivity contribution is 0.243. The van der Waals surface area contributed by atoms with Crippen molar-refractivity contribution in [3.05, 3.63) is 12.2 Å². The molecule has 0 aromatic heterocycles. The molecule has 1 aliphatic heterocycles. The summed E-state index contributed by atoms with van der Waals surface area (Å²) in [7, 11) is 2.14. The largest absolute Gasteiger partial charge is 0.343 e. The third kappa shape index (κ3) is 0.803. The van der Waals surface area contributed by atoms with E-state index in [9.17, 15) is 0 Å². The summed E-state index contributed by atoms with van der Waals surface area (Å²) >= 11 is 0. The summed E-state index contributed by atoms with van der Waals surface area (Å²) in [6, 6.07) is 0.690. The fraction of sp³-hybridized carbons (Fsp3) is 0.667. The van der Waals surface area contributed by atoms with Crippen LogP contribution in [0.25, 0.3) is 0 Å². The van der Waals surface area contributed by atoms with Crippen molar-refractivity contribution in [3.63, 3.8) is 0 Å². The minimum Gasteiger partial charge on any atom is -0.343 e. The molecule has 1 heterocycles. The average molecular weight is 109 g/mol. The average Bonchev–Trinajstić information content (AvgIpc) is 1.61. The van der Waals surface area contributed by atoms with Gasteiger partial charge in [-0.1, -0.05) is 12.2 Å². The normalized spacial score (nSPS) is 29.4. The molecular weight excluding hydrogens is 96.9 g/mol. The SMILES string of the molecule is BN1CCC1C(=C)C. The van der Waals surface area contributed by atoms with E-state index in [0.29, 0.717) is 6.04 Å². The van der Waals surface area contributed by atoms with Gasteiger partial charge in [-0.2, -0.15) is 0 Å². The molecule has 2 heteroatoms. The van der Waals surface area contributed by atoms with Crippen LogP contribution in [0.15, 0.2) is 12.2 Å². The number of hydrogen-bond donors (Lipinski definition) is 0. The topological polar surface area (TPSA) is 3.24 Å². The van der Waals surface area contributed by atoms with E-state index in [-0.39, 0.29) is 0 Å². The lowest BCUT2D eigenvalue weighted by Gasteiger charge is -2.39. The van der Waals surface area contributed by atoms with Crippen molar-refractivity contribution in [2.24, 2.45) is 0 Å². The second-order valence-electron chi connectivity index (χ2n) is 2.63. The van der Waals surface area contributed by atoms with Crippen LogP contribution in [0.2, 0.25) is 0 Å². The molecule has 0 spiro atoms. The van der Waals surface area contributed by atoms with Crippen molar-refractivity contribution in [1.29, 1.82) is 0 Å². The van der Waals surface area contributed by atoms with Crippen molar-refractivity contribution in [2.75, 3.05) is 6.54 Å². The Morgan fingerprint density at radius 2 is 2.50 bits per heavy atom. The van der Waals surface area contributed by atoms with Gasteiger partial charge in [-0.25, -0.2) is 0 Å². The second-order valence-corrected chi connectivity index (χ2v) is 2.63. The molecule has 0 aromatic carbocycles. The first kappa shape index (κ1) is 5.89. The molecule has 0 bridgehead atoms. The van der Waals surface area contributed by atoms with Crippen LogP contribution in [0.1, 0.15) is 13.3 Å². The lowest BCUT2D eigenvalue weighted by atomic mass is 9.93. The molecule has 1 saturated heterocycles. The molecule has 1 unspecified atom stereocenters. The van der Waals surface area contributed by atoms with Crippen molar-refractivity contribution in [3.8, 4) is 0 Å². The summed E-state index contributed by atoms with van der Waals surface area (Å²) < 4.78 is 0. The zero-order valence-electron chi connectivity index (χ0n) is 5.65. The lowest BCUT2D eigenvalue weighted by Crippen LogP contribution is -2.46. The summed E-state index contributed by atoms with van der Waals surface area (Å²) in [5.74, 6) is 0. The highest BCUT2D eigenvalue weighted by molar-refractivity contribution is 6.05. The molecule has 0 saturated carbocycles. The number of hydrogen-bond acceptors (Lipinski definition) is 1. The first-order chi connectivity index (χ1) is 3.72. The fourth-order valence-corrected chi connectivity index (χ4v) is 1.14. The third-order valence-corrected chi connectivity index (χ3v) is 1.86. The van der Waals surface area contributed by atoms with Crippen LogP contribution in [-0.2, 0) is 0 Å². The van der Waals surface area contributed by atoms with E-state index < -0.39 is 0 Å². The highest BCUT2D eigenvalue weighted by atomic mass is 15.1. The van der Waals surface area contributed by atoms with Gasteiger partial charge in [0, 0.05) is 6.04 Å². The van der Waals surface area contributed by atoms with Crippen molar-refractivity contribution >= 4 is 7.98 Å². The van der Waals surface area contributed by atoms with Crippen molar-refractivity contribution < 1.29 is 0 Å². The van der Waals surface area contributed by atoms with Gasteiger partial charge in [-0.3, -0.25) is 0 Å². The quantitative estimate of drug-likeness (QED) is 0.343. The fourth-order valence-electron chi connectivity index (χ4n) is 1.14. The molecule has 0 aromatic rings. The summed E-state index contributed by atoms with van der Waals surface area (Å²) in [5, 5.41) is 0. The summed E-state index contributed by atoms with van der Waals surface area (Å²) in [6.07, 6.45) is 1.31. The van der Waals surface area contributed by atoms with Gasteiger partial charge in [0.1, 0.15) is 0 Å². The van der Waals surface area contributed by atoms with Crippen LogP contribution in [0.4, 0.5) is 0 Å². The molecule has 0 N–H and O–H groups in total. The van der Waals surface area contributed by atoms with E-state index in [0.717, 1.165) is 0 Å². The van der Waals surface area contributed by atoms with Gasteiger partial charge >= 0.3 is 0 Å². The van der Waals surface area contributed by atoms with Crippen LogP contribution < -0.4 is 0 Å². The zero-order chi connectivity index (χ0) is 6.15. The Kier molecular flexibility index (Phi) is 1.43. The Bertz CT molecular complexity index is 111. The molecule has 44 valence electrons. The molecule has 0 radical (unpaired) electrons. The van der Waals surface area contributed by atoms with Gasteiger partial charge in [0.15, 0.2) is 7.98 Å². The molecule has 8 heavy (non-hydrogen) atoms.